The maximum absolute atomic E-state index is 14.0. The highest BCUT2D eigenvalue weighted by atomic mass is 35.5. The second kappa shape index (κ2) is 14.7. The average Bonchev–Trinajstić information content (AvgIpc) is 2.97. The largest absolute Gasteiger partial charge is 0.497 e. The minimum absolute atomic E-state index is 0.0430. The SMILES string of the molecule is CCCCNC(=O)[C@@H](CC)N(Cc1cccc(OC)c1)C(=O)CN(c1ccc(Cl)cc1)S(=O)(=O)c1ccccc1. The zero-order valence-electron chi connectivity index (χ0n) is 23.0. The maximum Gasteiger partial charge on any atom is 0.264 e. The van der Waals surface area contributed by atoms with Gasteiger partial charge in [0.2, 0.25) is 11.8 Å². The van der Waals surface area contributed by atoms with Crippen molar-refractivity contribution in [2.75, 3.05) is 24.5 Å². The van der Waals surface area contributed by atoms with Gasteiger partial charge in [-0.15, -0.1) is 0 Å². The molecule has 3 aromatic carbocycles. The van der Waals surface area contributed by atoms with Crippen LogP contribution < -0.4 is 14.4 Å². The van der Waals surface area contributed by atoms with Crippen molar-refractivity contribution in [1.29, 1.82) is 0 Å². The van der Waals surface area contributed by atoms with E-state index in [9.17, 15) is 18.0 Å². The molecule has 0 fully saturated rings. The van der Waals surface area contributed by atoms with Crippen LogP contribution in [0.15, 0.2) is 83.8 Å². The lowest BCUT2D eigenvalue weighted by Crippen LogP contribution is -2.52. The highest BCUT2D eigenvalue weighted by molar-refractivity contribution is 7.92. The molecule has 0 heterocycles. The van der Waals surface area contributed by atoms with Crippen molar-refractivity contribution in [2.24, 2.45) is 0 Å². The quantitative estimate of drug-likeness (QED) is 0.260. The molecule has 0 saturated heterocycles. The van der Waals surface area contributed by atoms with Crippen LogP contribution in [0.5, 0.6) is 5.75 Å². The molecule has 3 rings (SSSR count). The molecule has 0 aliphatic carbocycles. The van der Waals surface area contributed by atoms with Gasteiger partial charge in [-0.25, -0.2) is 8.42 Å². The van der Waals surface area contributed by atoms with Gasteiger partial charge in [-0.05, 0) is 66.9 Å². The number of ether oxygens (including phenoxy) is 1. The minimum Gasteiger partial charge on any atom is -0.497 e. The van der Waals surface area contributed by atoms with E-state index >= 15 is 0 Å². The van der Waals surface area contributed by atoms with E-state index in [2.05, 4.69) is 5.32 Å². The normalized spacial score (nSPS) is 11.9. The van der Waals surface area contributed by atoms with Gasteiger partial charge in [0.05, 0.1) is 17.7 Å². The van der Waals surface area contributed by atoms with Crippen LogP contribution in [0.3, 0.4) is 0 Å². The third kappa shape index (κ3) is 7.99. The van der Waals surface area contributed by atoms with Gasteiger partial charge in [0.25, 0.3) is 10.0 Å². The van der Waals surface area contributed by atoms with Crippen LogP contribution in [-0.2, 0) is 26.2 Å². The molecule has 0 spiro atoms. The highest BCUT2D eigenvalue weighted by Crippen LogP contribution is 2.26. The van der Waals surface area contributed by atoms with Crippen molar-refractivity contribution in [3.63, 3.8) is 0 Å². The van der Waals surface area contributed by atoms with E-state index in [1.165, 1.54) is 17.0 Å². The molecule has 1 atom stereocenters. The van der Waals surface area contributed by atoms with Gasteiger partial charge in [0.15, 0.2) is 0 Å². The minimum atomic E-state index is -4.13. The number of anilines is 1. The Kier molecular flexibility index (Phi) is 11.4. The smallest absolute Gasteiger partial charge is 0.264 e. The number of nitrogens with zero attached hydrogens (tertiary/aromatic N) is 2. The zero-order valence-corrected chi connectivity index (χ0v) is 24.6. The Labute approximate surface area is 241 Å². The Bertz CT molecular complexity index is 1370. The van der Waals surface area contributed by atoms with E-state index in [0.29, 0.717) is 23.7 Å². The fourth-order valence-corrected chi connectivity index (χ4v) is 5.81. The van der Waals surface area contributed by atoms with Gasteiger partial charge in [0.1, 0.15) is 18.3 Å². The molecule has 3 aromatic rings. The predicted molar refractivity (Wildman–Crippen MR) is 158 cm³/mol. The monoisotopic (exact) mass is 585 g/mol. The Morgan fingerprint density at radius 3 is 2.30 bits per heavy atom. The molecule has 0 radical (unpaired) electrons. The second-order valence-electron chi connectivity index (χ2n) is 9.24. The summed E-state index contributed by atoms with van der Waals surface area (Å²) in [5.41, 5.74) is 1.03. The lowest BCUT2D eigenvalue weighted by Gasteiger charge is -2.33. The van der Waals surface area contributed by atoms with Crippen molar-refractivity contribution in [2.45, 2.75) is 50.6 Å². The first-order chi connectivity index (χ1) is 19.2. The van der Waals surface area contributed by atoms with Gasteiger partial charge >= 0.3 is 0 Å². The van der Waals surface area contributed by atoms with E-state index in [1.54, 1.807) is 67.8 Å². The maximum atomic E-state index is 14.0. The molecule has 10 heteroatoms. The number of hydrogen-bond donors (Lipinski definition) is 1. The Morgan fingerprint density at radius 2 is 1.68 bits per heavy atom. The zero-order chi connectivity index (χ0) is 29.1. The second-order valence-corrected chi connectivity index (χ2v) is 11.5. The molecule has 0 aliphatic rings. The van der Waals surface area contributed by atoms with Gasteiger partial charge in [-0.1, -0.05) is 62.2 Å². The molecular formula is C30H36ClN3O5S. The van der Waals surface area contributed by atoms with Gasteiger partial charge in [-0.2, -0.15) is 0 Å². The van der Waals surface area contributed by atoms with E-state index in [-0.39, 0.29) is 23.0 Å². The molecule has 0 aliphatic heterocycles. The third-order valence-electron chi connectivity index (χ3n) is 6.43. The van der Waals surface area contributed by atoms with Crippen LogP contribution in [0.2, 0.25) is 5.02 Å². The molecular weight excluding hydrogens is 550 g/mol. The third-order valence-corrected chi connectivity index (χ3v) is 8.47. The van der Waals surface area contributed by atoms with Crippen LogP contribution in [-0.4, -0.2) is 51.4 Å². The molecule has 0 aromatic heterocycles. The number of sulfonamides is 1. The number of nitrogens with one attached hydrogen (secondary N) is 1. The first-order valence-electron chi connectivity index (χ1n) is 13.2. The molecule has 0 bridgehead atoms. The van der Waals surface area contributed by atoms with Crippen LogP contribution in [0.25, 0.3) is 0 Å². The van der Waals surface area contributed by atoms with Crippen LogP contribution in [0.1, 0.15) is 38.7 Å². The number of amides is 2. The number of rotatable bonds is 14. The molecule has 2 amide bonds. The standard InChI is InChI=1S/C30H36ClN3O5S/c1-4-6-19-32-30(36)28(5-2)33(21-23-11-10-12-26(20-23)39-3)29(35)22-34(25-17-15-24(31)16-18-25)40(37,38)27-13-8-7-9-14-27/h7-18,20,28H,4-6,19,21-22H2,1-3H3,(H,32,36)/t28-/m1/s1. The summed E-state index contributed by atoms with van der Waals surface area (Å²) in [5.74, 6) is -0.189. The number of unbranched alkanes of at least 4 members (excludes halogenated alkanes) is 1. The van der Waals surface area contributed by atoms with E-state index in [1.807, 2.05) is 19.9 Å². The van der Waals surface area contributed by atoms with E-state index in [4.69, 9.17) is 16.3 Å². The number of carbonyl (C=O) groups is 2. The summed E-state index contributed by atoms with van der Waals surface area (Å²) in [7, 11) is -2.58. The molecule has 1 N–H and O–H groups in total. The molecule has 40 heavy (non-hydrogen) atoms. The summed E-state index contributed by atoms with van der Waals surface area (Å²) in [6, 6.07) is 20.6. The highest BCUT2D eigenvalue weighted by Gasteiger charge is 2.33. The van der Waals surface area contributed by atoms with E-state index in [0.717, 1.165) is 22.7 Å². The van der Waals surface area contributed by atoms with Crippen molar-refractivity contribution < 1.29 is 22.7 Å². The lowest BCUT2D eigenvalue weighted by molar-refractivity contribution is -0.140. The van der Waals surface area contributed by atoms with Crippen molar-refractivity contribution in [3.05, 3.63) is 89.4 Å². The van der Waals surface area contributed by atoms with Crippen molar-refractivity contribution in [3.8, 4) is 5.75 Å². The molecule has 0 saturated carbocycles. The summed E-state index contributed by atoms with van der Waals surface area (Å²) < 4.78 is 34.0. The Hall–Kier alpha value is -3.56. The summed E-state index contributed by atoms with van der Waals surface area (Å²) in [5, 5.41) is 3.35. The fourth-order valence-electron chi connectivity index (χ4n) is 4.25. The molecule has 0 unspecified atom stereocenters. The number of benzene rings is 3. The predicted octanol–water partition coefficient (Wildman–Crippen LogP) is 5.27. The number of halogens is 1. The Morgan fingerprint density at radius 1 is 0.975 bits per heavy atom. The number of methoxy groups -OCH3 is 1. The summed E-state index contributed by atoms with van der Waals surface area (Å²) in [4.78, 5) is 28.8. The Balaban J connectivity index is 2.02. The summed E-state index contributed by atoms with van der Waals surface area (Å²) in [6.07, 6.45) is 2.07. The van der Waals surface area contributed by atoms with Gasteiger partial charge < -0.3 is 15.0 Å². The van der Waals surface area contributed by atoms with Crippen LogP contribution >= 0.6 is 11.6 Å². The van der Waals surface area contributed by atoms with Crippen LogP contribution in [0, 0.1) is 0 Å². The van der Waals surface area contributed by atoms with Crippen LogP contribution in [0.4, 0.5) is 5.69 Å². The first kappa shape index (κ1) is 31.0. The van der Waals surface area contributed by atoms with E-state index < -0.39 is 28.5 Å². The summed E-state index contributed by atoms with van der Waals surface area (Å²) in [6.45, 7) is 3.93. The van der Waals surface area contributed by atoms with Gasteiger partial charge in [-0.3, -0.25) is 13.9 Å². The number of carbonyl (C=O) groups excluding carboxylic acids is 2. The van der Waals surface area contributed by atoms with Crippen molar-refractivity contribution >= 4 is 39.1 Å². The van der Waals surface area contributed by atoms with Gasteiger partial charge in [0, 0.05) is 18.1 Å². The first-order valence-corrected chi connectivity index (χ1v) is 15.1. The summed E-state index contributed by atoms with van der Waals surface area (Å²) >= 11 is 6.07. The molecule has 214 valence electrons. The lowest BCUT2D eigenvalue weighted by atomic mass is 10.1. The van der Waals surface area contributed by atoms with Crippen molar-refractivity contribution in [1.82, 2.24) is 10.2 Å². The fraction of sp³-hybridized carbons (Fsp3) is 0.333. The number of hydrogen-bond acceptors (Lipinski definition) is 5. The average molecular weight is 586 g/mol. The topological polar surface area (TPSA) is 96.0 Å². The molecule has 8 nitrogen and oxygen atoms in total.